The predicted octanol–water partition coefficient (Wildman–Crippen LogP) is 1.94. The van der Waals surface area contributed by atoms with Crippen molar-refractivity contribution in [3.05, 3.63) is 29.8 Å². The summed E-state index contributed by atoms with van der Waals surface area (Å²) in [4.78, 5) is 13.8. The second-order valence-corrected chi connectivity index (χ2v) is 4.97. The van der Waals surface area contributed by atoms with Crippen LogP contribution in [0.3, 0.4) is 0 Å². The fourth-order valence-corrected chi connectivity index (χ4v) is 3.11. The van der Waals surface area contributed by atoms with Gasteiger partial charge in [-0.05, 0) is 6.07 Å². The smallest absolute Gasteiger partial charge is 0.240 e. The molecule has 1 aliphatic rings. The van der Waals surface area contributed by atoms with Gasteiger partial charge < -0.3 is 9.64 Å². The van der Waals surface area contributed by atoms with Gasteiger partial charge in [-0.25, -0.2) is 0 Å². The van der Waals surface area contributed by atoms with Crippen molar-refractivity contribution < 1.29 is 9.53 Å². The molecule has 1 saturated heterocycles. The minimum absolute atomic E-state index is 0.116. The van der Waals surface area contributed by atoms with Gasteiger partial charge in [0, 0.05) is 24.9 Å². The van der Waals surface area contributed by atoms with Gasteiger partial charge in [0.05, 0.1) is 7.11 Å². The zero-order valence-corrected chi connectivity index (χ0v) is 10.3. The number of ether oxygens (including phenoxy) is 1. The second kappa shape index (κ2) is 4.78. The molecule has 1 aliphatic heterocycles. The highest BCUT2D eigenvalue weighted by atomic mass is 32.2. The van der Waals surface area contributed by atoms with E-state index in [1.165, 1.54) is 0 Å². The average Bonchev–Trinajstić information content (AvgIpc) is 2.33. The molecule has 1 atom stereocenters. The van der Waals surface area contributed by atoms with E-state index in [1.807, 2.05) is 31.3 Å². The molecule has 16 heavy (non-hydrogen) atoms. The number of hydrogen-bond acceptors (Lipinski definition) is 3. The number of para-hydroxylation sites is 1. The van der Waals surface area contributed by atoms with E-state index in [9.17, 15) is 4.79 Å². The topological polar surface area (TPSA) is 29.5 Å². The first-order valence-corrected chi connectivity index (χ1v) is 6.28. The Morgan fingerprint density at radius 1 is 1.44 bits per heavy atom. The van der Waals surface area contributed by atoms with Gasteiger partial charge in [-0.1, -0.05) is 18.2 Å². The van der Waals surface area contributed by atoms with Crippen molar-refractivity contribution in [2.75, 3.05) is 26.5 Å². The maximum absolute atomic E-state index is 12.0. The lowest BCUT2D eigenvalue weighted by Crippen LogP contribution is -2.36. The van der Waals surface area contributed by atoms with Crippen molar-refractivity contribution in [1.82, 2.24) is 4.90 Å². The molecule has 2 rings (SSSR count). The quantitative estimate of drug-likeness (QED) is 0.787. The van der Waals surface area contributed by atoms with Crippen LogP contribution in [0.2, 0.25) is 0 Å². The third kappa shape index (κ3) is 2.02. The molecule has 1 fully saturated rings. The SMILES string of the molecule is COc1ccccc1C1SCCN(C)C1=O. The number of rotatable bonds is 2. The molecule has 0 N–H and O–H groups in total. The number of amides is 1. The van der Waals surface area contributed by atoms with E-state index in [-0.39, 0.29) is 11.2 Å². The van der Waals surface area contributed by atoms with Crippen LogP contribution in [0, 0.1) is 0 Å². The molecule has 4 heteroatoms. The Hall–Kier alpha value is -1.16. The van der Waals surface area contributed by atoms with Gasteiger partial charge in [0.1, 0.15) is 11.0 Å². The van der Waals surface area contributed by atoms with Crippen LogP contribution in [0.1, 0.15) is 10.8 Å². The minimum Gasteiger partial charge on any atom is -0.496 e. The zero-order valence-electron chi connectivity index (χ0n) is 9.47. The molecule has 0 bridgehead atoms. The van der Waals surface area contributed by atoms with Crippen molar-refractivity contribution >= 4 is 17.7 Å². The Labute approximate surface area is 99.8 Å². The van der Waals surface area contributed by atoms with Crippen molar-refractivity contribution in [3.8, 4) is 5.75 Å². The maximum atomic E-state index is 12.0. The fourth-order valence-electron chi connectivity index (χ4n) is 1.79. The van der Waals surface area contributed by atoms with Gasteiger partial charge in [0.2, 0.25) is 5.91 Å². The van der Waals surface area contributed by atoms with E-state index in [2.05, 4.69) is 0 Å². The molecule has 0 saturated carbocycles. The van der Waals surface area contributed by atoms with Crippen molar-refractivity contribution in [2.24, 2.45) is 0 Å². The summed E-state index contributed by atoms with van der Waals surface area (Å²) in [7, 11) is 3.49. The van der Waals surface area contributed by atoms with Crippen LogP contribution in [-0.2, 0) is 4.79 Å². The van der Waals surface area contributed by atoms with Crippen LogP contribution in [0.25, 0.3) is 0 Å². The average molecular weight is 237 g/mol. The number of likely N-dealkylation sites (N-methyl/N-ethyl adjacent to an activating group) is 1. The van der Waals surface area contributed by atoms with Gasteiger partial charge in [0.15, 0.2) is 0 Å². The predicted molar refractivity (Wildman–Crippen MR) is 65.8 cm³/mol. The zero-order chi connectivity index (χ0) is 11.5. The van der Waals surface area contributed by atoms with Gasteiger partial charge in [-0.3, -0.25) is 4.79 Å². The van der Waals surface area contributed by atoms with Gasteiger partial charge in [0.25, 0.3) is 0 Å². The van der Waals surface area contributed by atoms with E-state index in [1.54, 1.807) is 23.8 Å². The first-order valence-electron chi connectivity index (χ1n) is 5.23. The number of thioether (sulfide) groups is 1. The van der Waals surface area contributed by atoms with Crippen LogP contribution >= 0.6 is 11.8 Å². The maximum Gasteiger partial charge on any atom is 0.240 e. The molecule has 1 heterocycles. The Morgan fingerprint density at radius 3 is 2.94 bits per heavy atom. The summed E-state index contributed by atoms with van der Waals surface area (Å²) in [6, 6.07) is 7.73. The molecule has 1 aromatic carbocycles. The number of nitrogens with zero attached hydrogens (tertiary/aromatic N) is 1. The summed E-state index contributed by atoms with van der Waals surface area (Å²) in [5.41, 5.74) is 0.978. The first-order chi connectivity index (χ1) is 7.74. The Kier molecular flexibility index (Phi) is 3.39. The van der Waals surface area contributed by atoms with Crippen LogP contribution in [0.5, 0.6) is 5.75 Å². The largest absolute Gasteiger partial charge is 0.496 e. The van der Waals surface area contributed by atoms with Crippen LogP contribution < -0.4 is 4.74 Å². The standard InChI is InChI=1S/C12H15NO2S/c1-13-7-8-16-11(12(13)14)9-5-3-4-6-10(9)15-2/h3-6,11H,7-8H2,1-2H3. The van der Waals surface area contributed by atoms with Crippen LogP contribution in [-0.4, -0.2) is 37.3 Å². The highest BCUT2D eigenvalue weighted by Crippen LogP contribution is 2.38. The van der Waals surface area contributed by atoms with Gasteiger partial charge >= 0.3 is 0 Å². The first kappa shape index (κ1) is 11.3. The van der Waals surface area contributed by atoms with E-state index in [0.717, 1.165) is 23.6 Å². The summed E-state index contributed by atoms with van der Waals surface area (Å²) < 4.78 is 5.30. The molecule has 3 nitrogen and oxygen atoms in total. The summed E-state index contributed by atoms with van der Waals surface area (Å²) in [6.07, 6.45) is 0. The molecular formula is C12H15NO2S. The lowest BCUT2D eigenvalue weighted by molar-refractivity contribution is -0.129. The monoisotopic (exact) mass is 237 g/mol. The highest BCUT2D eigenvalue weighted by molar-refractivity contribution is 8.00. The van der Waals surface area contributed by atoms with Crippen LogP contribution in [0.4, 0.5) is 0 Å². The number of methoxy groups -OCH3 is 1. The molecule has 0 aliphatic carbocycles. The second-order valence-electron chi connectivity index (χ2n) is 3.75. The van der Waals surface area contributed by atoms with E-state index >= 15 is 0 Å². The lowest BCUT2D eigenvalue weighted by Gasteiger charge is -2.29. The summed E-state index contributed by atoms with van der Waals surface area (Å²) >= 11 is 1.69. The van der Waals surface area contributed by atoms with Gasteiger partial charge in [-0.2, -0.15) is 0 Å². The minimum atomic E-state index is -0.116. The van der Waals surface area contributed by atoms with Crippen molar-refractivity contribution in [2.45, 2.75) is 5.25 Å². The highest BCUT2D eigenvalue weighted by Gasteiger charge is 2.30. The lowest BCUT2D eigenvalue weighted by atomic mass is 10.1. The Bertz CT molecular complexity index is 394. The van der Waals surface area contributed by atoms with Gasteiger partial charge in [-0.15, -0.1) is 11.8 Å². The molecule has 0 radical (unpaired) electrons. The Morgan fingerprint density at radius 2 is 2.19 bits per heavy atom. The van der Waals surface area contributed by atoms with E-state index in [0.29, 0.717) is 0 Å². The summed E-state index contributed by atoms with van der Waals surface area (Å²) in [6.45, 7) is 0.829. The van der Waals surface area contributed by atoms with Crippen molar-refractivity contribution in [1.29, 1.82) is 0 Å². The number of carbonyl (C=O) groups excluding carboxylic acids is 1. The molecule has 1 unspecified atom stereocenters. The number of carbonyl (C=O) groups is 1. The molecule has 1 amide bonds. The molecule has 1 aromatic rings. The summed E-state index contributed by atoms with van der Waals surface area (Å²) in [5.74, 6) is 1.94. The molecule has 0 spiro atoms. The normalized spacial score (nSPS) is 21.0. The Balaban J connectivity index is 2.32. The van der Waals surface area contributed by atoms with E-state index < -0.39 is 0 Å². The summed E-state index contributed by atoms with van der Waals surface area (Å²) in [5, 5.41) is -0.116. The number of hydrogen-bond donors (Lipinski definition) is 0. The fraction of sp³-hybridized carbons (Fsp3) is 0.417. The third-order valence-electron chi connectivity index (χ3n) is 2.73. The van der Waals surface area contributed by atoms with E-state index in [4.69, 9.17) is 4.74 Å². The molecular weight excluding hydrogens is 222 g/mol. The number of benzene rings is 1. The third-order valence-corrected chi connectivity index (χ3v) is 3.94. The molecule has 0 aromatic heterocycles. The van der Waals surface area contributed by atoms with Crippen LogP contribution in [0.15, 0.2) is 24.3 Å². The molecule has 86 valence electrons. The van der Waals surface area contributed by atoms with Crippen molar-refractivity contribution in [3.63, 3.8) is 0 Å².